The van der Waals surface area contributed by atoms with Gasteiger partial charge in [0.2, 0.25) is 5.95 Å². The first-order valence-electron chi connectivity index (χ1n) is 11.6. The molecule has 0 bridgehead atoms. The third-order valence-electron chi connectivity index (χ3n) is 6.52. The Morgan fingerprint density at radius 2 is 1.80 bits per heavy atom. The average molecular weight is 588 g/mol. The number of aliphatic hydroxyl groups excluding tert-OH is 5. The number of fused-ring (bicyclic) bond motifs is 1. The number of hydrogen-bond acceptors (Lipinski definition) is 16. The molecule has 3 aromatic rings. The summed E-state index contributed by atoms with van der Waals surface area (Å²) in [5.74, 6) is -2.92. The van der Waals surface area contributed by atoms with Gasteiger partial charge < -0.3 is 51.4 Å². The van der Waals surface area contributed by atoms with Gasteiger partial charge in [0.05, 0.1) is 12.9 Å². The van der Waals surface area contributed by atoms with E-state index in [1.165, 1.54) is 6.07 Å². The van der Waals surface area contributed by atoms with E-state index in [1.807, 2.05) is 0 Å². The topological polar surface area (TPSA) is 317 Å². The molecule has 5 heterocycles. The van der Waals surface area contributed by atoms with Crippen LogP contribution in [0.25, 0.3) is 11.2 Å². The van der Waals surface area contributed by atoms with Gasteiger partial charge in [-0.3, -0.25) is 28.0 Å². The third kappa shape index (κ3) is 4.69. The summed E-state index contributed by atoms with van der Waals surface area (Å²) in [6.07, 6.45) is -11.6. The largest absolute Gasteiger partial charge is 0.394 e. The molecule has 0 amide bonds. The molecule has 40 heavy (non-hydrogen) atoms. The summed E-state index contributed by atoms with van der Waals surface area (Å²) in [6.45, 7) is -0.836. The third-order valence-corrected chi connectivity index (χ3v) is 8.02. The van der Waals surface area contributed by atoms with Crippen molar-refractivity contribution in [2.24, 2.45) is 0 Å². The molecule has 11 N–H and O–H groups in total. The molecule has 21 heteroatoms. The number of H-pyrrole nitrogens is 1. The highest BCUT2D eigenvalue weighted by molar-refractivity contribution is 7.53. The van der Waals surface area contributed by atoms with Crippen molar-refractivity contribution in [1.82, 2.24) is 29.1 Å². The molecule has 0 aromatic carbocycles. The van der Waals surface area contributed by atoms with E-state index >= 15 is 0 Å². The Bertz CT molecular complexity index is 1580. The quantitative estimate of drug-likeness (QED) is 0.117. The lowest BCUT2D eigenvalue weighted by Crippen LogP contribution is -2.42. The highest BCUT2D eigenvalue weighted by Gasteiger charge is 2.55. The molecular weight excluding hydrogens is 563 g/mol. The van der Waals surface area contributed by atoms with Crippen LogP contribution in [0, 0.1) is 0 Å². The second kappa shape index (κ2) is 10.3. The maximum absolute atomic E-state index is 13.1. The Morgan fingerprint density at radius 3 is 2.48 bits per heavy atom. The number of aromatic amines is 1. The van der Waals surface area contributed by atoms with Gasteiger partial charge in [-0.15, -0.1) is 0 Å². The molecule has 2 unspecified atom stereocenters. The van der Waals surface area contributed by atoms with Crippen LogP contribution in [0.4, 0.5) is 11.8 Å². The molecule has 0 radical (unpaired) electrons. The number of aliphatic hydroxyl groups is 5. The summed E-state index contributed by atoms with van der Waals surface area (Å²) in [4.78, 5) is 48.4. The standard InChI is InChI=1S/C19H25N8O12P/c20-6-1-2-26(19(34)23-6)16-10(31)11(5(3-28)37-16)39-40(35,36)17(33)12-8(29)9(30)15(38-12)27-4-22-7-13(27)24-18(21)25-14(7)32/h1-2,4-5,8-12,15-17,28-31,33H,3H2,(H,35,36)(H2,20,23,34)(H3,21,24,25,32)/t5-,8+,9-,10-,11-,12+,15-,16-,17?/m1/s1. The minimum atomic E-state index is -5.27. The maximum Gasteiger partial charge on any atom is 0.359 e. The second-order valence-electron chi connectivity index (χ2n) is 9.08. The van der Waals surface area contributed by atoms with Crippen molar-refractivity contribution in [3.05, 3.63) is 39.4 Å². The lowest BCUT2D eigenvalue weighted by molar-refractivity contribution is -0.0722. The molecule has 2 fully saturated rings. The predicted molar refractivity (Wildman–Crippen MR) is 129 cm³/mol. The molecule has 0 aliphatic carbocycles. The number of ether oxygens (including phenoxy) is 2. The van der Waals surface area contributed by atoms with E-state index in [1.54, 1.807) is 0 Å². The van der Waals surface area contributed by atoms with Gasteiger partial charge in [0, 0.05) is 6.20 Å². The van der Waals surface area contributed by atoms with E-state index in [0.29, 0.717) is 0 Å². The SMILES string of the molecule is Nc1ccn([C@@H]2O[C@H](CO)[C@@H](OP(=O)(O)C(O)[C@H]3O[C@@H](n4cnc5c(=O)[nH]c(N)nc54)[C@H](O)[C@@H]3O)[C@H]2O)c(=O)n1. The fourth-order valence-corrected chi connectivity index (χ4v) is 5.91. The lowest BCUT2D eigenvalue weighted by Gasteiger charge is -2.28. The summed E-state index contributed by atoms with van der Waals surface area (Å²) >= 11 is 0. The lowest BCUT2D eigenvalue weighted by atomic mass is 10.1. The van der Waals surface area contributed by atoms with Crippen molar-refractivity contribution in [3.8, 4) is 0 Å². The highest BCUT2D eigenvalue weighted by Crippen LogP contribution is 2.54. The van der Waals surface area contributed by atoms with Crippen molar-refractivity contribution < 1.29 is 49.0 Å². The Hall–Kier alpha value is -3.30. The molecular formula is C19H25N8O12P. The number of aromatic nitrogens is 6. The van der Waals surface area contributed by atoms with Crippen LogP contribution in [0.15, 0.2) is 28.2 Å². The van der Waals surface area contributed by atoms with Crippen molar-refractivity contribution in [1.29, 1.82) is 0 Å². The maximum atomic E-state index is 13.1. The van der Waals surface area contributed by atoms with Gasteiger partial charge in [-0.2, -0.15) is 9.97 Å². The van der Waals surface area contributed by atoms with Crippen LogP contribution in [-0.2, 0) is 18.6 Å². The highest BCUT2D eigenvalue weighted by atomic mass is 31.2. The van der Waals surface area contributed by atoms with Gasteiger partial charge in [-0.05, 0) is 6.07 Å². The molecule has 20 nitrogen and oxygen atoms in total. The van der Waals surface area contributed by atoms with E-state index in [-0.39, 0.29) is 22.9 Å². The smallest absolute Gasteiger partial charge is 0.359 e. The monoisotopic (exact) mass is 588 g/mol. The zero-order valence-corrected chi connectivity index (χ0v) is 21.0. The molecule has 5 rings (SSSR count). The summed E-state index contributed by atoms with van der Waals surface area (Å²) in [5.41, 5.74) is 9.04. The van der Waals surface area contributed by atoms with Crippen molar-refractivity contribution >= 4 is 30.5 Å². The molecule has 2 aliphatic heterocycles. The molecule has 0 saturated carbocycles. The number of hydrogen-bond donors (Lipinski definition) is 9. The van der Waals surface area contributed by atoms with Crippen molar-refractivity contribution in [2.75, 3.05) is 18.1 Å². The van der Waals surface area contributed by atoms with E-state index in [0.717, 1.165) is 21.7 Å². The Labute approximate surface area is 221 Å². The summed E-state index contributed by atoms with van der Waals surface area (Å²) < 4.78 is 31.0. The van der Waals surface area contributed by atoms with Crippen LogP contribution in [0.5, 0.6) is 0 Å². The van der Waals surface area contributed by atoms with Crippen LogP contribution in [-0.4, -0.2) is 109 Å². The summed E-state index contributed by atoms with van der Waals surface area (Å²) in [5, 5.41) is 52.3. The molecule has 10 atom stereocenters. The molecule has 2 aliphatic rings. The first-order chi connectivity index (χ1) is 18.8. The van der Waals surface area contributed by atoms with Crippen LogP contribution >= 0.6 is 7.60 Å². The average Bonchev–Trinajstić information content (AvgIpc) is 3.53. The minimum Gasteiger partial charge on any atom is -0.394 e. The van der Waals surface area contributed by atoms with Gasteiger partial charge in [-0.25, -0.2) is 9.78 Å². The molecule has 2 saturated heterocycles. The zero-order valence-electron chi connectivity index (χ0n) is 20.1. The number of nitrogens with zero attached hydrogens (tertiary/aromatic N) is 5. The minimum absolute atomic E-state index is 0.117. The van der Waals surface area contributed by atoms with Crippen LogP contribution in [0.2, 0.25) is 0 Å². The van der Waals surface area contributed by atoms with Gasteiger partial charge in [0.1, 0.15) is 42.4 Å². The number of nitrogen functional groups attached to an aromatic ring is 2. The second-order valence-corrected chi connectivity index (χ2v) is 10.9. The normalized spacial score (nSPS) is 32.9. The van der Waals surface area contributed by atoms with Gasteiger partial charge in [0.15, 0.2) is 29.5 Å². The predicted octanol–water partition coefficient (Wildman–Crippen LogP) is -4.70. The van der Waals surface area contributed by atoms with E-state index in [9.17, 15) is 44.6 Å². The van der Waals surface area contributed by atoms with E-state index < -0.39 is 80.4 Å². The first-order valence-corrected chi connectivity index (χ1v) is 13.2. The fraction of sp³-hybridized carbons (Fsp3) is 0.526. The number of anilines is 2. The Kier molecular flexibility index (Phi) is 7.25. The zero-order chi connectivity index (χ0) is 29.1. The Morgan fingerprint density at radius 1 is 1.10 bits per heavy atom. The van der Waals surface area contributed by atoms with Gasteiger partial charge in [0.25, 0.3) is 5.56 Å². The van der Waals surface area contributed by atoms with Crippen molar-refractivity contribution in [2.45, 2.75) is 54.9 Å². The Balaban J connectivity index is 1.37. The number of imidazole rings is 1. The van der Waals surface area contributed by atoms with Crippen LogP contribution < -0.4 is 22.7 Å². The molecule has 3 aromatic heterocycles. The number of nitrogens with one attached hydrogen (secondary N) is 1. The van der Waals surface area contributed by atoms with Crippen molar-refractivity contribution in [3.63, 3.8) is 0 Å². The number of rotatable bonds is 7. The van der Waals surface area contributed by atoms with Crippen LogP contribution in [0.3, 0.4) is 0 Å². The first kappa shape index (κ1) is 28.2. The van der Waals surface area contributed by atoms with Crippen LogP contribution in [0.1, 0.15) is 12.5 Å². The summed E-state index contributed by atoms with van der Waals surface area (Å²) in [7, 11) is -5.27. The van der Waals surface area contributed by atoms with Gasteiger partial charge >= 0.3 is 13.3 Å². The molecule has 218 valence electrons. The van der Waals surface area contributed by atoms with Gasteiger partial charge in [-0.1, -0.05) is 0 Å². The fourth-order valence-electron chi connectivity index (χ4n) is 4.56. The van der Waals surface area contributed by atoms with E-state index in [2.05, 4.69) is 19.9 Å². The van der Waals surface area contributed by atoms with E-state index in [4.69, 9.17) is 25.5 Å². The summed E-state index contributed by atoms with van der Waals surface area (Å²) in [6, 6.07) is 1.23. The molecule has 0 spiro atoms. The number of nitrogens with two attached hydrogens (primary N) is 2.